The fourth-order valence-corrected chi connectivity index (χ4v) is 2.59. The van der Waals surface area contributed by atoms with E-state index < -0.39 is 5.97 Å². The third-order valence-electron chi connectivity index (χ3n) is 3.80. The average molecular weight is 276 g/mol. The van der Waals surface area contributed by atoms with E-state index >= 15 is 0 Å². The lowest BCUT2D eigenvalue weighted by Gasteiger charge is -2.36. The van der Waals surface area contributed by atoms with Gasteiger partial charge in [0.1, 0.15) is 0 Å². The van der Waals surface area contributed by atoms with Crippen molar-refractivity contribution in [2.24, 2.45) is 0 Å². The number of hydrogen-bond acceptors (Lipinski definition) is 3. The third-order valence-corrected chi connectivity index (χ3v) is 3.80. The number of nitrogens with zero attached hydrogens (tertiary/aromatic N) is 2. The van der Waals surface area contributed by atoms with E-state index in [4.69, 9.17) is 0 Å². The molecule has 1 aliphatic rings. The molecule has 1 amide bonds. The second-order valence-electron chi connectivity index (χ2n) is 5.36. The summed E-state index contributed by atoms with van der Waals surface area (Å²) in [6.07, 6.45) is 2.02. The highest BCUT2D eigenvalue weighted by molar-refractivity contribution is 6.04. The largest absolute Gasteiger partial charge is 0.478 e. The normalized spacial score (nSPS) is 19.1. The molecule has 0 aromatic heterocycles. The molecule has 1 atom stereocenters. The first-order valence-electron chi connectivity index (χ1n) is 6.78. The lowest BCUT2D eigenvalue weighted by molar-refractivity contribution is 0.0614. The molecule has 1 heterocycles. The topological polar surface area (TPSA) is 60.9 Å². The maximum absolute atomic E-state index is 12.5. The Morgan fingerprint density at radius 2 is 1.90 bits per heavy atom. The van der Waals surface area contributed by atoms with Crippen LogP contribution in [0.15, 0.2) is 24.3 Å². The number of hydrogen-bond donors (Lipinski definition) is 1. The van der Waals surface area contributed by atoms with Gasteiger partial charge in [0.05, 0.1) is 11.1 Å². The maximum atomic E-state index is 12.5. The number of amides is 1. The number of piperidine rings is 1. The van der Waals surface area contributed by atoms with E-state index in [1.807, 2.05) is 14.1 Å². The smallest absolute Gasteiger partial charge is 0.336 e. The van der Waals surface area contributed by atoms with Crippen molar-refractivity contribution in [3.63, 3.8) is 0 Å². The van der Waals surface area contributed by atoms with Crippen molar-refractivity contribution < 1.29 is 14.7 Å². The molecule has 2 rings (SSSR count). The molecule has 0 saturated carbocycles. The Morgan fingerprint density at radius 3 is 2.50 bits per heavy atom. The first kappa shape index (κ1) is 14.5. The predicted octanol–water partition coefficient (Wildman–Crippen LogP) is 1.55. The van der Waals surface area contributed by atoms with E-state index in [2.05, 4.69) is 4.90 Å². The summed E-state index contributed by atoms with van der Waals surface area (Å²) in [5.74, 6) is -1.25. The Labute approximate surface area is 118 Å². The second kappa shape index (κ2) is 6.05. The van der Waals surface area contributed by atoms with Crippen molar-refractivity contribution in [3.05, 3.63) is 35.4 Å². The summed E-state index contributed by atoms with van der Waals surface area (Å²) in [5.41, 5.74) is 0.351. The molecule has 20 heavy (non-hydrogen) atoms. The predicted molar refractivity (Wildman–Crippen MR) is 76.0 cm³/mol. The van der Waals surface area contributed by atoms with Gasteiger partial charge >= 0.3 is 5.97 Å². The van der Waals surface area contributed by atoms with Crippen LogP contribution in [-0.4, -0.2) is 60.0 Å². The molecule has 1 aromatic rings. The zero-order chi connectivity index (χ0) is 14.7. The van der Waals surface area contributed by atoms with Gasteiger partial charge in [-0.25, -0.2) is 4.79 Å². The molecule has 0 spiro atoms. The van der Waals surface area contributed by atoms with Crippen LogP contribution in [0.4, 0.5) is 0 Å². The quantitative estimate of drug-likeness (QED) is 0.910. The Hall–Kier alpha value is -1.88. The lowest BCUT2D eigenvalue weighted by atomic mass is 10.0. The number of likely N-dealkylation sites (tertiary alicyclic amines) is 1. The number of benzene rings is 1. The van der Waals surface area contributed by atoms with E-state index in [1.165, 1.54) is 6.07 Å². The van der Waals surface area contributed by atoms with Gasteiger partial charge in [-0.1, -0.05) is 12.1 Å². The molecule has 0 radical (unpaired) electrons. The van der Waals surface area contributed by atoms with Crippen LogP contribution in [-0.2, 0) is 0 Å². The molecule has 1 saturated heterocycles. The van der Waals surface area contributed by atoms with E-state index in [0.717, 1.165) is 12.8 Å². The Bertz CT molecular complexity index is 514. The molecule has 5 nitrogen and oxygen atoms in total. The molecule has 1 aliphatic heterocycles. The van der Waals surface area contributed by atoms with Crippen LogP contribution in [0.2, 0.25) is 0 Å². The van der Waals surface area contributed by atoms with Gasteiger partial charge in [0, 0.05) is 19.1 Å². The van der Waals surface area contributed by atoms with Gasteiger partial charge in [0.2, 0.25) is 0 Å². The first-order chi connectivity index (χ1) is 9.50. The zero-order valence-electron chi connectivity index (χ0n) is 11.9. The second-order valence-corrected chi connectivity index (χ2v) is 5.36. The number of rotatable bonds is 3. The van der Waals surface area contributed by atoms with Crippen molar-refractivity contribution >= 4 is 11.9 Å². The van der Waals surface area contributed by atoms with Gasteiger partial charge in [-0.05, 0) is 39.1 Å². The summed E-state index contributed by atoms with van der Waals surface area (Å²) in [4.78, 5) is 27.6. The molecule has 1 unspecified atom stereocenters. The minimum atomic E-state index is -1.06. The van der Waals surface area contributed by atoms with Crippen molar-refractivity contribution in [1.29, 1.82) is 0 Å². The fraction of sp³-hybridized carbons (Fsp3) is 0.467. The van der Waals surface area contributed by atoms with Gasteiger partial charge in [-0.3, -0.25) is 4.79 Å². The maximum Gasteiger partial charge on any atom is 0.336 e. The van der Waals surface area contributed by atoms with Gasteiger partial charge in [0.25, 0.3) is 5.91 Å². The van der Waals surface area contributed by atoms with Crippen molar-refractivity contribution in [3.8, 4) is 0 Å². The molecule has 1 N–H and O–H groups in total. The number of carbonyl (C=O) groups is 2. The molecular formula is C15H20N2O3. The standard InChI is InChI=1S/C15H20N2O3/c1-16(2)11-6-5-9-17(10-11)14(18)12-7-3-4-8-13(12)15(19)20/h3-4,7-8,11H,5-6,9-10H2,1-2H3,(H,19,20). The highest BCUT2D eigenvalue weighted by atomic mass is 16.4. The first-order valence-corrected chi connectivity index (χ1v) is 6.78. The van der Waals surface area contributed by atoms with Gasteiger partial charge in [0.15, 0.2) is 0 Å². The molecule has 0 aliphatic carbocycles. The average Bonchev–Trinajstić information content (AvgIpc) is 2.46. The van der Waals surface area contributed by atoms with Crippen LogP contribution < -0.4 is 0 Å². The van der Waals surface area contributed by atoms with Crippen molar-refractivity contribution in [2.75, 3.05) is 27.2 Å². The van der Waals surface area contributed by atoms with Gasteiger partial charge in [-0.15, -0.1) is 0 Å². The monoisotopic (exact) mass is 276 g/mol. The number of carboxylic acids is 1. The SMILES string of the molecule is CN(C)C1CCCN(C(=O)c2ccccc2C(=O)O)C1. The van der Waals surface area contributed by atoms with Crippen LogP contribution in [0.25, 0.3) is 0 Å². The van der Waals surface area contributed by atoms with Crippen molar-refractivity contribution in [2.45, 2.75) is 18.9 Å². The molecule has 1 aromatic carbocycles. The van der Waals surface area contributed by atoms with Crippen LogP contribution in [0, 0.1) is 0 Å². The summed E-state index contributed by atoms with van der Waals surface area (Å²) in [6.45, 7) is 1.34. The summed E-state index contributed by atoms with van der Waals surface area (Å²) < 4.78 is 0. The highest BCUT2D eigenvalue weighted by Gasteiger charge is 2.27. The summed E-state index contributed by atoms with van der Waals surface area (Å²) in [6, 6.07) is 6.74. The van der Waals surface area contributed by atoms with E-state index in [1.54, 1.807) is 23.1 Å². The number of carboxylic acid groups (broad SMARTS) is 1. The van der Waals surface area contributed by atoms with Crippen LogP contribution in [0.3, 0.4) is 0 Å². The third kappa shape index (κ3) is 2.99. The molecule has 108 valence electrons. The minimum absolute atomic E-state index is 0.0736. The Balaban J connectivity index is 2.21. The fourth-order valence-electron chi connectivity index (χ4n) is 2.59. The summed E-state index contributed by atoms with van der Waals surface area (Å²) in [7, 11) is 4.01. The van der Waals surface area contributed by atoms with Gasteiger partial charge < -0.3 is 14.9 Å². The number of carbonyl (C=O) groups excluding carboxylic acids is 1. The molecule has 0 bridgehead atoms. The highest BCUT2D eigenvalue weighted by Crippen LogP contribution is 2.18. The summed E-state index contributed by atoms with van der Waals surface area (Å²) in [5, 5.41) is 9.17. The Kier molecular flexibility index (Phi) is 4.39. The van der Waals surface area contributed by atoms with E-state index in [9.17, 15) is 14.7 Å². The summed E-state index contributed by atoms with van der Waals surface area (Å²) >= 11 is 0. The van der Waals surface area contributed by atoms with Crippen molar-refractivity contribution in [1.82, 2.24) is 9.80 Å². The van der Waals surface area contributed by atoms with Crippen LogP contribution in [0.1, 0.15) is 33.6 Å². The molecule has 1 fully saturated rings. The Morgan fingerprint density at radius 1 is 1.25 bits per heavy atom. The van der Waals surface area contributed by atoms with Crippen LogP contribution >= 0.6 is 0 Å². The lowest BCUT2D eigenvalue weighted by Crippen LogP contribution is -2.47. The molecule has 5 heteroatoms. The van der Waals surface area contributed by atoms with Crippen LogP contribution in [0.5, 0.6) is 0 Å². The molecular weight excluding hydrogens is 256 g/mol. The zero-order valence-corrected chi connectivity index (χ0v) is 11.9. The van der Waals surface area contributed by atoms with E-state index in [0.29, 0.717) is 19.1 Å². The minimum Gasteiger partial charge on any atom is -0.478 e. The van der Waals surface area contributed by atoms with E-state index in [-0.39, 0.29) is 17.0 Å². The number of likely N-dealkylation sites (N-methyl/N-ethyl adjacent to an activating group) is 1. The number of aromatic carboxylic acids is 1. The van der Waals surface area contributed by atoms with Gasteiger partial charge in [-0.2, -0.15) is 0 Å².